The molecule has 1 aromatic rings. The van der Waals surface area contributed by atoms with Crippen molar-refractivity contribution in [2.75, 3.05) is 6.54 Å². The zero-order chi connectivity index (χ0) is 8.81. The summed E-state index contributed by atoms with van der Waals surface area (Å²) in [5.74, 6) is 0. The van der Waals surface area contributed by atoms with Crippen LogP contribution in [0.15, 0.2) is 35.3 Å². The highest BCUT2D eigenvalue weighted by molar-refractivity contribution is 5.98. The third kappa shape index (κ3) is 2.50. The molecule has 1 heteroatoms. The molecule has 0 amide bonds. The normalized spacial score (nSPS) is 11.7. The first kappa shape index (κ1) is 8.98. The van der Waals surface area contributed by atoms with Gasteiger partial charge in [-0.2, -0.15) is 0 Å². The number of rotatable bonds is 3. The fourth-order valence-corrected chi connectivity index (χ4v) is 0.999. The number of benzene rings is 1. The Balaban J connectivity index is 2.71. The molecular formula is C11H14N. The first-order valence-electron chi connectivity index (χ1n) is 4.19. The fraction of sp³-hybridized carbons (Fsp3) is 0.273. The molecule has 0 atom stereocenters. The van der Waals surface area contributed by atoms with Gasteiger partial charge in [-0.05, 0) is 18.9 Å². The van der Waals surface area contributed by atoms with Crippen molar-refractivity contribution in [1.82, 2.24) is 0 Å². The third-order valence-corrected chi connectivity index (χ3v) is 1.70. The molecule has 0 aliphatic heterocycles. The van der Waals surface area contributed by atoms with E-state index in [-0.39, 0.29) is 0 Å². The van der Waals surface area contributed by atoms with E-state index in [1.54, 1.807) is 0 Å². The van der Waals surface area contributed by atoms with Crippen molar-refractivity contribution in [3.05, 3.63) is 42.3 Å². The van der Waals surface area contributed by atoms with Gasteiger partial charge >= 0.3 is 0 Å². The summed E-state index contributed by atoms with van der Waals surface area (Å²) < 4.78 is 0. The molecule has 1 rings (SSSR count). The lowest BCUT2D eigenvalue weighted by atomic mass is 10.1. The van der Waals surface area contributed by atoms with Gasteiger partial charge in [-0.15, -0.1) is 0 Å². The highest BCUT2D eigenvalue weighted by Gasteiger charge is 1.92. The van der Waals surface area contributed by atoms with Crippen LogP contribution in [0.5, 0.6) is 0 Å². The topological polar surface area (TPSA) is 12.4 Å². The van der Waals surface area contributed by atoms with E-state index < -0.39 is 0 Å². The van der Waals surface area contributed by atoms with Gasteiger partial charge in [0.05, 0.1) is 0 Å². The van der Waals surface area contributed by atoms with Crippen molar-refractivity contribution in [2.45, 2.75) is 13.8 Å². The minimum absolute atomic E-state index is 0.806. The molecule has 1 nitrogen and oxygen atoms in total. The van der Waals surface area contributed by atoms with Crippen molar-refractivity contribution < 1.29 is 0 Å². The molecule has 0 spiro atoms. The quantitative estimate of drug-likeness (QED) is 0.603. The zero-order valence-electron chi connectivity index (χ0n) is 7.62. The lowest BCUT2D eigenvalue weighted by Crippen LogP contribution is -1.95. The van der Waals surface area contributed by atoms with Gasteiger partial charge in [-0.25, -0.2) is 0 Å². The van der Waals surface area contributed by atoms with Gasteiger partial charge in [0.25, 0.3) is 0 Å². The van der Waals surface area contributed by atoms with E-state index in [0.29, 0.717) is 0 Å². The van der Waals surface area contributed by atoms with E-state index in [2.05, 4.69) is 17.1 Å². The summed E-state index contributed by atoms with van der Waals surface area (Å²) in [7, 11) is 0. The fourth-order valence-electron chi connectivity index (χ4n) is 0.999. The van der Waals surface area contributed by atoms with E-state index in [1.807, 2.05) is 38.5 Å². The first-order chi connectivity index (χ1) is 5.84. The molecule has 0 aliphatic rings. The van der Waals surface area contributed by atoms with E-state index in [0.717, 1.165) is 12.3 Å². The lowest BCUT2D eigenvalue weighted by molar-refractivity contribution is 1.13. The summed E-state index contributed by atoms with van der Waals surface area (Å²) in [5, 5.41) is 0. The Morgan fingerprint density at radius 3 is 2.58 bits per heavy atom. The monoisotopic (exact) mass is 160 g/mol. The predicted molar refractivity (Wildman–Crippen MR) is 53.5 cm³/mol. The summed E-state index contributed by atoms with van der Waals surface area (Å²) >= 11 is 0. The minimum atomic E-state index is 0.806. The second-order valence-electron chi connectivity index (χ2n) is 2.70. The van der Waals surface area contributed by atoms with E-state index >= 15 is 0 Å². The standard InChI is InChI=1S/C11H14N/c1-3-9-12-10(2)11-7-5-4-6-8-11/h3-8H,9H2,1-2H3. The maximum atomic E-state index is 4.37. The number of hydrogen-bond donors (Lipinski definition) is 0. The van der Waals surface area contributed by atoms with Crippen LogP contribution in [0.25, 0.3) is 0 Å². The van der Waals surface area contributed by atoms with Crippen molar-refractivity contribution in [3.8, 4) is 0 Å². The molecule has 0 fully saturated rings. The zero-order valence-corrected chi connectivity index (χ0v) is 7.62. The van der Waals surface area contributed by atoms with Crippen LogP contribution in [0.1, 0.15) is 19.4 Å². The van der Waals surface area contributed by atoms with Crippen molar-refractivity contribution >= 4 is 5.71 Å². The van der Waals surface area contributed by atoms with Crippen LogP contribution in [0.3, 0.4) is 0 Å². The first-order valence-corrected chi connectivity index (χ1v) is 4.19. The van der Waals surface area contributed by atoms with Crippen LogP contribution in [0.4, 0.5) is 0 Å². The Morgan fingerprint density at radius 2 is 2.00 bits per heavy atom. The molecule has 63 valence electrons. The Kier molecular flexibility index (Phi) is 3.52. The molecule has 0 N–H and O–H groups in total. The SMILES string of the molecule is C[CH]CN=C(C)c1ccccc1. The van der Waals surface area contributed by atoms with Gasteiger partial charge in [0, 0.05) is 12.3 Å². The average Bonchev–Trinajstić information content (AvgIpc) is 2.15. The van der Waals surface area contributed by atoms with Gasteiger partial charge in [-0.1, -0.05) is 37.3 Å². The number of hydrogen-bond acceptors (Lipinski definition) is 1. The van der Waals surface area contributed by atoms with Crippen molar-refractivity contribution in [3.63, 3.8) is 0 Å². The Labute approximate surface area is 74.2 Å². The van der Waals surface area contributed by atoms with Crippen LogP contribution in [-0.2, 0) is 0 Å². The molecule has 0 heterocycles. The van der Waals surface area contributed by atoms with Crippen LogP contribution >= 0.6 is 0 Å². The molecular weight excluding hydrogens is 146 g/mol. The molecule has 1 radical (unpaired) electrons. The third-order valence-electron chi connectivity index (χ3n) is 1.70. The molecule has 1 aromatic carbocycles. The molecule has 0 aliphatic carbocycles. The maximum Gasteiger partial charge on any atom is 0.0421 e. The molecule has 0 saturated heterocycles. The maximum absolute atomic E-state index is 4.37. The van der Waals surface area contributed by atoms with Gasteiger partial charge in [0.1, 0.15) is 0 Å². The molecule has 12 heavy (non-hydrogen) atoms. The van der Waals surface area contributed by atoms with Gasteiger partial charge in [-0.3, -0.25) is 4.99 Å². The molecule has 0 unspecified atom stereocenters. The van der Waals surface area contributed by atoms with Crippen LogP contribution in [-0.4, -0.2) is 12.3 Å². The van der Waals surface area contributed by atoms with Crippen molar-refractivity contribution in [2.24, 2.45) is 4.99 Å². The summed E-state index contributed by atoms with van der Waals surface area (Å²) in [6.45, 7) is 4.86. The van der Waals surface area contributed by atoms with Gasteiger partial charge in [0.15, 0.2) is 0 Å². The van der Waals surface area contributed by atoms with E-state index in [4.69, 9.17) is 0 Å². The smallest absolute Gasteiger partial charge is 0.0421 e. The Hall–Kier alpha value is -1.11. The molecule has 0 saturated carbocycles. The van der Waals surface area contributed by atoms with Crippen LogP contribution < -0.4 is 0 Å². The van der Waals surface area contributed by atoms with Crippen LogP contribution in [0.2, 0.25) is 0 Å². The summed E-state index contributed by atoms with van der Waals surface area (Å²) in [6.07, 6.45) is 2.05. The Bertz CT molecular complexity index is 249. The molecule has 0 bridgehead atoms. The predicted octanol–water partition coefficient (Wildman–Crippen LogP) is 2.72. The lowest BCUT2D eigenvalue weighted by Gasteiger charge is -1.98. The summed E-state index contributed by atoms with van der Waals surface area (Å²) in [5.41, 5.74) is 2.31. The Morgan fingerprint density at radius 1 is 1.33 bits per heavy atom. The highest BCUT2D eigenvalue weighted by atomic mass is 14.7. The second-order valence-corrected chi connectivity index (χ2v) is 2.70. The van der Waals surface area contributed by atoms with Crippen molar-refractivity contribution in [1.29, 1.82) is 0 Å². The molecule has 0 aromatic heterocycles. The second kappa shape index (κ2) is 4.70. The number of nitrogens with zero attached hydrogens (tertiary/aromatic N) is 1. The number of aliphatic imine (C=N–C) groups is 1. The summed E-state index contributed by atoms with van der Waals surface area (Å²) in [4.78, 5) is 4.37. The van der Waals surface area contributed by atoms with Gasteiger partial charge in [0.2, 0.25) is 0 Å². The van der Waals surface area contributed by atoms with E-state index in [9.17, 15) is 0 Å². The highest BCUT2D eigenvalue weighted by Crippen LogP contribution is 2.00. The van der Waals surface area contributed by atoms with Gasteiger partial charge < -0.3 is 0 Å². The minimum Gasteiger partial charge on any atom is -0.289 e. The summed E-state index contributed by atoms with van der Waals surface area (Å²) in [6, 6.07) is 10.2. The van der Waals surface area contributed by atoms with Crippen LogP contribution in [0, 0.1) is 6.42 Å². The van der Waals surface area contributed by atoms with E-state index in [1.165, 1.54) is 5.56 Å². The largest absolute Gasteiger partial charge is 0.289 e. The average molecular weight is 160 g/mol.